The molecule has 0 saturated carbocycles. The summed E-state index contributed by atoms with van der Waals surface area (Å²) in [5.41, 5.74) is 0.568. The second kappa shape index (κ2) is 4.96. The Bertz CT molecular complexity index is 357. The maximum Gasteiger partial charge on any atom is 0.274 e. The molecule has 0 amide bonds. The number of alkyl halides is 2. The van der Waals surface area contributed by atoms with Crippen molar-refractivity contribution in [3.63, 3.8) is 0 Å². The zero-order chi connectivity index (χ0) is 10.7. The first-order chi connectivity index (χ1) is 6.50. The molecule has 0 aliphatic heterocycles. The number of hydrogen-bond donors (Lipinski definition) is 0. The van der Waals surface area contributed by atoms with E-state index in [0.717, 1.165) is 0 Å². The molecular formula is C8H6BrCl2NO2. The molecule has 0 radical (unpaired) electrons. The molecule has 0 N–H and O–H groups in total. The number of benzene rings is 1. The molecule has 1 atom stereocenters. The first-order valence-corrected chi connectivity index (χ1v) is 5.44. The largest absolute Gasteiger partial charge is 0.274 e. The third kappa shape index (κ3) is 3.12. The Labute approximate surface area is 99.3 Å². The van der Waals surface area contributed by atoms with E-state index in [1.165, 1.54) is 6.07 Å². The Kier molecular flexibility index (Phi) is 4.16. The van der Waals surface area contributed by atoms with Gasteiger partial charge in [0.25, 0.3) is 5.69 Å². The van der Waals surface area contributed by atoms with Gasteiger partial charge in [-0.05, 0) is 6.07 Å². The lowest BCUT2D eigenvalue weighted by molar-refractivity contribution is -0.385. The lowest BCUT2D eigenvalue weighted by atomic mass is 10.1. The predicted molar refractivity (Wildman–Crippen MR) is 60.4 cm³/mol. The van der Waals surface area contributed by atoms with Crippen LogP contribution in [0.4, 0.5) is 5.69 Å². The van der Waals surface area contributed by atoms with E-state index in [9.17, 15) is 10.1 Å². The van der Waals surface area contributed by atoms with E-state index in [0.29, 0.717) is 17.0 Å². The summed E-state index contributed by atoms with van der Waals surface area (Å²) < 4.78 is -0.317. The maximum atomic E-state index is 10.6. The van der Waals surface area contributed by atoms with E-state index < -0.39 is 4.92 Å². The topological polar surface area (TPSA) is 43.1 Å². The predicted octanol–water partition coefficient (Wildman–Crippen LogP) is 3.75. The summed E-state index contributed by atoms with van der Waals surface area (Å²) >= 11 is 14.5. The van der Waals surface area contributed by atoms with Crippen LogP contribution in [0.1, 0.15) is 5.56 Å². The summed E-state index contributed by atoms with van der Waals surface area (Å²) in [6.45, 7) is 0. The van der Waals surface area contributed by atoms with Crippen molar-refractivity contribution >= 4 is 44.8 Å². The fraction of sp³-hybridized carbons (Fsp3) is 0.250. The van der Waals surface area contributed by atoms with Gasteiger partial charge >= 0.3 is 0 Å². The number of nitro groups is 1. The van der Waals surface area contributed by atoms with Crippen LogP contribution in [0.3, 0.4) is 0 Å². The molecule has 0 aliphatic rings. The van der Waals surface area contributed by atoms with Gasteiger partial charge in [0.2, 0.25) is 0 Å². The highest BCUT2D eigenvalue weighted by molar-refractivity contribution is 9.10. The minimum absolute atomic E-state index is 0.00241. The second-order valence-electron chi connectivity index (χ2n) is 2.63. The van der Waals surface area contributed by atoms with Gasteiger partial charge in [0.05, 0.1) is 9.21 Å². The van der Waals surface area contributed by atoms with Crippen LogP contribution in [0.2, 0.25) is 5.02 Å². The van der Waals surface area contributed by atoms with Gasteiger partial charge in [0.1, 0.15) is 0 Å². The molecule has 6 heteroatoms. The first kappa shape index (κ1) is 11.8. The van der Waals surface area contributed by atoms with Gasteiger partial charge in [-0.15, -0.1) is 11.6 Å². The quantitative estimate of drug-likeness (QED) is 0.484. The average Bonchev–Trinajstić information content (AvgIpc) is 2.07. The minimum Gasteiger partial charge on any atom is -0.258 e. The monoisotopic (exact) mass is 297 g/mol. The number of nitrogens with zero attached hydrogens (tertiary/aromatic N) is 1. The molecule has 76 valence electrons. The highest BCUT2D eigenvalue weighted by Gasteiger charge is 2.15. The molecule has 0 fully saturated rings. The van der Waals surface area contributed by atoms with Crippen molar-refractivity contribution in [1.29, 1.82) is 0 Å². The zero-order valence-electron chi connectivity index (χ0n) is 6.91. The van der Waals surface area contributed by atoms with Crippen molar-refractivity contribution in [2.75, 3.05) is 0 Å². The molecule has 14 heavy (non-hydrogen) atoms. The van der Waals surface area contributed by atoms with Gasteiger partial charge in [-0.3, -0.25) is 10.1 Å². The van der Waals surface area contributed by atoms with Gasteiger partial charge in [-0.1, -0.05) is 33.6 Å². The van der Waals surface area contributed by atoms with Gasteiger partial charge < -0.3 is 0 Å². The van der Waals surface area contributed by atoms with E-state index >= 15 is 0 Å². The van der Waals surface area contributed by atoms with Gasteiger partial charge in [-0.2, -0.15) is 0 Å². The fourth-order valence-electron chi connectivity index (χ4n) is 1.05. The highest BCUT2D eigenvalue weighted by Crippen LogP contribution is 2.26. The van der Waals surface area contributed by atoms with Crippen molar-refractivity contribution in [2.45, 2.75) is 10.7 Å². The van der Waals surface area contributed by atoms with Crippen LogP contribution in [-0.2, 0) is 6.42 Å². The van der Waals surface area contributed by atoms with Crippen molar-refractivity contribution in [3.05, 3.63) is 38.9 Å². The third-order valence-corrected chi connectivity index (χ3v) is 2.33. The molecule has 0 spiro atoms. The van der Waals surface area contributed by atoms with Crippen LogP contribution in [0.5, 0.6) is 0 Å². The molecule has 1 rings (SSSR count). The summed E-state index contributed by atoms with van der Waals surface area (Å²) in [5, 5.41) is 11.0. The van der Waals surface area contributed by atoms with Crippen LogP contribution < -0.4 is 0 Å². The van der Waals surface area contributed by atoms with Crippen LogP contribution in [0.25, 0.3) is 0 Å². The Balaban J connectivity index is 3.08. The minimum atomic E-state index is -0.465. The Morgan fingerprint density at radius 2 is 2.21 bits per heavy atom. The lowest BCUT2D eigenvalue weighted by Crippen LogP contribution is -1.99. The van der Waals surface area contributed by atoms with E-state index in [-0.39, 0.29) is 9.97 Å². The van der Waals surface area contributed by atoms with E-state index in [1.54, 1.807) is 12.1 Å². The highest BCUT2D eigenvalue weighted by atomic mass is 79.9. The van der Waals surface area contributed by atoms with Crippen molar-refractivity contribution in [1.82, 2.24) is 0 Å². The maximum absolute atomic E-state index is 10.6. The SMILES string of the molecule is O=[N+]([O-])c1cc(Cl)ccc1CC(Cl)Br. The molecule has 0 aliphatic carbocycles. The molecule has 1 aromatic carbocycles. The van der Waals surface area contributed by atoms with Gasteiger partial charge in [0.15, 0.2) is 0 Å². The lowest BCUT2D eigenvalue weighted by Gasteiger charge is -2.03. The summed E-state index contributed by atoms with van der Waals surface area (Å²) in [7, 11) is 0. The standard InChI is InChI=1S/C8H6BrCl2NO2/c9-8(11)3-5-1-2-6(10)4-7(5)12(13)14/h1-2,4,8H,3H2. The van der Waals surface area contributed by atoms with Crippen LogP contribution in [0, 0.1) is 10.1 Å². The van der Waals surface area contributed by atoms with Gasteiger partial charge in [-0.25, -0.2) is 0 Å². The normalized spacial score (nSPS) is 12.5. The molecular weight excluding hydrogens is 293 g/mol. The first-order valence-electron chi connectivity index (χ1n) is 3.71. The van der Waals surface area contributed by atoms with Crippen molar-refractivity contribution in [3.8, 4) is 0 Å². The zero-order valence-corrected chi connectivity index (χ0v) is 10.0. The van der Waals surface area contributed by atoms with E-state index in [4.69, 9.17) is 23.2 Å². The Morgan fingerprint density at radius 1 is 1.57 bits per heavy atom. The Hall–Kier alpha value is -0.320. The molecule has 0 heterocycles. The number of halogens is 3. The molecule has 0 aromatic heterocycles. The Morgan fingerprint density at radius 3 is 2.71 bits per heavy atom. The number of hydrogen-bond acceptors (Lipinski definition) is 2. The number of nitro benzene ring substituents is 1. The van der Waals surface area contributed by atoms with Crippen LogP contribution in [0.15, 0.2) is 18.2 Å². The van der Waals surface area contributed by atoms with Crippen LogP contribution >= 0.6 is 39.1 Å². The molecule has 3 nitrogen and oxygen atoms in total. The van der Waals surface area contributed by atoms with E-state index in [2.05, 4.69) is 15.9 Å². The average molecular weight is 299 g/mol. The number of rotatable bonds is 3. The fourth-order valence-corrected chi connectivity index (χ4v) is 1.73. The summed E-state index contributed by atoms with van der Waals surface area (Å²) in [4.78, 5) is 10.2. The van der Waals surface area contributed by atoms with E-state index in [1.807, 2.05) is 0 Å². The molecule has 1 aromatic rings. The molecule has 0 saturated heterocycles. The van der Waals surface area contributed by atoms with Gasteiger partial charge in [0, 0.05) is 23.1 Å². The second-order valence-corrected chi connectivity index (χ2v) is 5.22. The summed E-state index contributed by atoms with van der Waals surface area (Å²) in [6, 6.07) is 4.54. The summed E-state index contributed by atoms with van der Waals surface area (Å²) in [6.07, 6.45) is 0.384. The van der Waals surface area contributed by atoms with Crippen molar-refractivity contribution in [2.24, 2.45) is 0 Å². The van der Waals surface area contributed by atoms with Crippen molar-refractivity contribution < 1.29 is 4.92 Å². The molecule has 1 unspecified atom stereocenters. The van der Waals surface area contributed by atoms with Crippen LogP contribution in [-0.4, -0.2) is 9.21 Å². The third-order valence-electron chi connectivity index (χ3n) is 1.62. The smallest absolute Gasteiger partial charge is 0.258 e. The summed E-state index contributed by atoms with van der Waals surface area (Å²) in [5.74, 6) is 0. The molecule has 0 bridgehead atoms.